The van der Waals surface area contributed by atoms with Gasteiger partial charge in [-0.2, -0.15) is 0 Å². The summed E-state index contributed by atoms with van der Waals surface area (Å²) in [5.41, 5.74) is 3.06. The van der Waals surface area contributed by atoms with Crippen LogP contribution in [-0.2, 0) is 6.42 Å². The first-order valence-corrected chi connectivity index (χ1v) is 8.32. The molecule has 2 rings (SSSR count). The van der Waals surface area contributed by atoms with Crippen molar-refractivity contribution in [3.05, 3.63) is 33.3 Å². The van der Waals surface area contributed by atoms with Gasteiger partial charge in [0.15, 0.2) is 5.82 Å². The van der Waals surface area contributed by atoms with Gasteiger partial charge in [0.2, 0.25) is 0 Å². The summed E-state index contributed by atoms with van der Waals surface area (Å²) < 4.78 is 1.12. The lowest BCUT2D eigenvalue weighted by Gasteiger charge is -2.13. The second kappa shape index (κ2) is 7.15. The van der Waals surface area contributed by atoms with E-state index >= 15 is 0 Å². The van der Waals surface area contributed by atoms with Gasteiger partial charge >= 0.3 is 0 Å². The van der Waals surface area contributed by atoms with Gasteiger partial charge in [-0.3, -0.25) is 4.98 Å². The third-order valence-corrected chi connectivity index (χ3v) is 4.17. The lowest BCUT2D eigenvalue weighted by atomic mass is 10.1. The number of pyridine rings is 1. The zero-order valence-corrected chi connectivity index (χ0v) is 15.1. The molecular formula is C16H21IN4. The molecule has 0 bridgehead atoms. The Bertz CT molecular complexity index is 608. The summed E-state index contributed by atoms with van der Waals surface area (Å²) >= 11 is 2.34. The van der Waals surface area contributed by atoms with Crippen molar-refractivity contribution in [1.82, 2.24) is 15.0 Å². The lowest BCUT2D eigenvalue weighted by molar-refractivity contribution is 0.632. The molecule has 0 saturated heterocycles. The number of nitrogens with one attached hydrogen (secondary N) is 1. The highest BCUT2D eigenvalue weighted by atomic mass is 127. The molecule has 0 aliphatic carbocycles. The van der Waals surface area contributed by atoms with Crippen LogP contribution >= 0.6 is 22.6 Å². The van der Waals surface area contributed by atoms with E-state index in [2.05, 4.69) is 58.6 Å². The molecule has 2 aromatic heterocycles. The molecule has 112 valence electrons. The Kier molecular flexibility index (Phi) is 5.50. The van der Waals surface area contributed by atoms with Crippen LogP contribution in [0.15, 0.2) is 18.3 Å². The molecule has 2 heterocycles. The van der Waals surface area contributed by atoms with Crippen LogP contribution in [0.1, 0.15) is 32.2 Å². The van der Waals surface area contributed by atoms with Gasteiger partial charge in [0, 0.05) is 24.0 Å². The van der Waals surface area contributed by atoms with Crippen LogP contribution in [0.3, 0.4) is 0 Å². The Morgan fingerprint density at radius 3 is 2.57 bits per heavy atom. The quantitative estimate of drug-likeness (QED) is 0.774. The van der Waals surface area contributed by atoms with E-state index in [1.54, 1.807) is 0 Å². The van der Waals surface area contributed by atoms with Gasteiger partial charge in [-0.25, -0.2) is 9.97 Å². The average molecular weight is 396 g/mol. The minimum absolute atomic E-state index is 0.562. The molecule has 0 saturated carbocycles. The largest absolute Gasteiger partial charge is 0.369 e. The molecule has 0 unspecified atom stereocenters. The van der Waals surface area contributed by atoms with Crippen LogP contribution < -0.4 is 5.32 Å². The summed E-state index contributed by atoms with van der Waals surface area (Å²) in [7, 11) is 0. The van der Waals surface area contributed by atoms with Gasteiger partial charge in [-0.15, -0.1) is 0 Å². The van der Waals surface area contributed by atoms with Crippen molar-refractivity contribution >= 4 is 28.4 Å². The summed E-state index contributed by atoms with van der Waals surface area (Å²) in [5.74, 6) is 2.22. The number of halogens is 1. The first-order chi connectivity index (χ1) is 10.0. The van der Waals surface area contributed by atoms with Gasteiger partial charge < -0.3 is 5.32 Å². The van der Waals surface area contributed by atoms with E-state index in [1.165, 1.54) is 0 Å². The molecule has 0 amide bonds. The standard InChI is InChI=1S/C16H21IN4/c1-5-18-16-14(17)13(8-10(2)3)20-15(21-16)12-7-6-11(4)19-9-12/h6-7,9-10H,5,8H2,1-4H3,(H,18,20,21). The first kappa shape index (κ1) is 16.1. The molecule has 4 nitrogen and oxygen atoms in total. The third-order valence-electron chi connectivity index (χ3n) is 3.04. The molecule has 0 radical (unpaired) electrons. The van der Waals surface area contributed by atoms with E-state index in [-0.39, 0.29) is 0 Å². The highest BCUT2D eigenvalue weighted by molar-refractivity contribution is 14.1. The smallest absolute Gasteiger partial charge is 0.163 e. The number of rotatable bonds is 5. The fraction of sp³-hybridized carbons (Fsp3) is 0.438. The summed E-state index contributed by atoms with van der Waals surface area (Å²) in [5, 5.41) is 3.33. The molecule has 0 aliphatic heterocycles. The summed E-state index contributed by atoms with van der Waals surface area (Å²) in [4.78, 5) is 13.8. The fourth-order valence-corrected chi connectivity index (χ4v) is 2.68. The number of aryl methyl sites for hydroxylation is 1. The topological polar surface area (TPSA) is 50.7 Å². The zero-order chi connectivity index (χ0) is 15.4. The maximum absolute atomic E-state index is 4.76. The Hall–Kier alpha value is -1.24. The van der Waals surface area contributed by atoms with Crippen LogP contribution in [0.4, 0.5) is 5.82 Å². The van der Waals surface area contributed by atoms with E-state index in [4.69, 9.17) is 4.98 Å². The Labute approximate surface area is 140 Å². The average Bonchev–Trinajstić information content (AvgIpc) is 2.43. The van der Waals surface area contributed by atoms with Gasteiger partial charge in [0.25, 0.3) is 0 Å². The fourth-order valence-electron chi connectivity index (χ4n) is 2.03. The summed E-state index contributed by atoms with van der Waals surface area (Å²) in [6, 6.07) is 4.02. The molecule has 0 atom stereocenters. The van der Waals surface area contributed by atoms with Gasteiger partial charge in [0.05, 0.1) is 9.26 Å². The first-order valence-electron chi connectivity index (χ1n) is 7.24. The normalized spacial score (nSPS) is 11.0. The maximum atomic E-state index is 4.76. The lowest BCUT2D eigenvalue weighted by Crippen LogP contribution is -2.10. The zero-order valence-electron chi connectivity index (χ0n) is 12.9. The number of anilines is 1. The predicted molar refractivity (Wildman–Crippen MR) is 95.4 cm³/mol. The van der Waals surface area contributed by atoms with Crippen LogP contribution in [0.25, 0.3) is 11.4 Å². The molecule has 0 aliphatic rings. The molecular weight excluding hydrogens is 375 g/mol. The predicted octanol–water partition coefficient (Wildman–Crippen LogP) is 4.08. The second-order valence-electron chi connectivity index (χ2n) is 5.47. The van der Waals surface area contributed by atoms with E-state index in [9.17, 15) is 0 Å². The van der Waals surface area contributed by atoms with Crippen LogP contribution in [0.2, 0.25) is 0 Å². The second-order valence-corrected chi connectivity index (χ2v) is 6.55. The van der Waals surface area contributed by atoms with Crippen molar-refractivity contribution in [2.45, 2.75) is 34.1 Å². The molecule has 0 spiro atoms. The third kappa shape index (κ3) is 4.12. The number of nitrogens with zero attached hydrogens (tertiary/aromatic N) is 3. The van der Waals surface area contributed by atoms with E-state index < -0.39 is 0 Å². The number of hydrogen-bond donors (Lipinski definition) is 1. The van der Waals surface area contributed by atoms with E-state index in [0.29, 0.717) is 5.92 Å². The molecule has 1 N–H and O–H groups in total. The van der Waals surface area contributed by atoms with E-state index in [0.717, 1.165) is 45.1 Å². The van der Waals surface area contributed by atoms with Crippen molar-refractivity contribution < 1.29 is 0 Å². The van der Waals surface area contributed by atoms with Crippen molar-refractivity contribution in [3.63, 3.8) is 0 Å². The SMILES string of the molecule is CCNc1nc(-c2ccc(C)nc2)nc(CC(C)C)c1I. The van der Waals surface area contributed by atoms with Crippen molar-refractivity contribution in [2.24, 2.45) is 5.92 Å². The minimum atomic E-state index is 0.562. The number of hydrogen-bond acceptors (Lipinski definition) is 4. The van der Waals surface area contributed by atoms with Crippen LogP contribution in [0.5, 0.6) is 0 Å². The molecule has 0 fully saturated rings. The minimum Gasteiger partial charge on any atom is -0.369 e. The maximum Gasteiger partial charge on any atom is 0.163 e. The molecule has 2 aromatic rings. The van der Waals surface area contributed by atoms with Gasteiger partial charge in [0.1, 0.15) is 5.82 Å². The Balaban J connectivity index is 2.49. The van der Waals surface area contributed by atoms with Crippen molar-refractivity contribution in [1.29, 1.82) is 0 Å². The van der Waals surface area contributed by atoms with Crippen LogP contribution in [0, 0.1) is 16.4 Å². The summed E-state index contributed by atoms with van der Waals surface area (Å²) in [6.07, 6.45) is 2.79. The molecule has 0 aromatic carbocycles. The Morgan fingerprint density at radius 2 is 2.00 bits per heavy atom. The van der Waals surface area contributed by atoms with Gasteiger partial charge in [-0.05, 0) is 60.9 Å². The monoisotopic (exact) mass is 396 g/mol. The number of aromatic nitrogens is 3. The van der Waals surface area contributed by atoms with Crippen molar-refractivity contribution in [3.8, 4) is 11.4 Å². The van der Waals surface area contributed by atoms with E-state index in [1.807, 2.05) is 25.3 Å². The van der Waals surface area contributed by atoms with Gasteiger partial charge in [-0.1, -0.05) is 13.8 Å². The molecule has 21 heavy (non-hydrogen) atoms. The molecule has 5 heteroatoms. The van der Waals surface area contributed by atoms with Crippen LogP contribution in [-0.4, -0.2) is 21.5 Å². The highest BCUT2D eigenvalue weighted by Crippen LogP contribution is 2.25. The summed E-state index contributed by atoms with van der Waals surface area (Å²) in [6.45, 7) is 9.32. The van der Waals surface area contributed by atoms with Crippen molar-refractivity contribution in [2.75, 3.05) is 11.9 Å². The highest BCUT2D eigenvalue weighted by Gasteiger charge is 2.14. The Morgan fingerprint density at radius 1 is 1.24 bits per heavy atom.